The highest BCUT2D eigenvalue weighted by Gasteiger charge is 2.45. The van der Waals surface area contributed by atoms with E-state index in [1.54, 1.807) is 12.1 Å². The van der Waals surface area contributed by atoms with Crippen LogP contribution in [0.4, 0.5) is 0 Å². The average molecular weight is 281 g/mol. The van der Waals surface area contributed by atoms with Gasteiger partial charge >= 0.3 is 0 Å². The molecule has 0 radical (unpaired) electrons. The molecular formula is C19H23NO. The van der Waals surface area contributed by atoms with E-state index in [-0.39, 0.29) is 6.04 Å². The first-order valence-corrected chi connectivity index (χ1v) is 7.63. The van der Waals surface area contributed by atoms with E-state index in [4.69, 9.17) is 0 Å². The Labute approximate surface area is 126 Å². The van der Waals surface area contributed by atoms with Crippen molar-refractivity contribution in [3.05, 3.63) is 65.7 Å². The molecule has 0 saturated heterocycles. The number of hydrogen-bond acceptors (Lipinski definition) is 2. The molecule has 0 spiro atoms. The second-order valence-electron chi connectivity index (χ2n) is 6.73. The zero-order valence-electron chi connectivity index (χ0n) is 12.7. The van der Waals surface area contributed by atoms with Crippen LogP contribution >= 0.6 is 0 Å². The highest BCUT2D eigenvalue weighted by molar-refractivity contribution is 5.35. The fourth-order valence-corrected chi connectivity index (χ4v) is 2.93. The lowest BCUT2D eigenvalue weighted by molar-refractivity contribution is 0.473. The van der Waals surface area contributed by atoms with E-state index in [0.29, 0.717) is 11.2 Å². The van der Waals surface area contributed by atoms with Gasteiger partial charge in [0.25, 0.3) is 0 Å². The van der Waals surface area contributed by atoms with E-state index in [0.717, 1.165) is 12.5 Å². The molecule has 0 aromatic heterocycles. The maximum absolute atomic E-state index is 9.49. The van der Waals surface area contributed by atoms with Gasteiger partial charge in [0.05, 0.1) is 6.04 Å². The van der Waals surface area contributed by atoms with Gasteiger partial charge in [0.1, 0.15) is 5.75 Å². The maximum Gasteiger partial charge on any atom is 0.115 e. The molecule has 2 aromatic rings. The van der Waals surface area contributed by atoms with Crippen molar-refractivity contribution in [2.45, 2.75) is 26.3 Å². The molecular weight excluding hydrogens is 258 g/mol. The Bertz CT molecular complexity index is 589. The number of hydrogen-bond donors (Lipinski definition) is 2. The standard InChI is InChI=1S/C19H23NO/c1-19(2)12-16(19)13-20-18(14-6-4-3-5-7-14)15-8-10-17(21)11-9-15/h3-11,16,18,20-21H,12-13H2,1-2H3. The Hall–Kier alpha value is -1.80. The van der Waals surface area contributed by atoms with Gasteiger partial charge in [0.15, 0.2) is 0 Å². The van der Waals surface area contributed by atoms with Gasteiger partial charge in [-0.25, -0.2) is 0 Å². The van der Waals surface area contributed by atoms with Gasteiger partial charge in [-0.3, -0.25) is 0 Å². The highest BCUT2D eigenvalue weighted by Crippen LogP contribution is 2.51. The third-order valence-corrected chi connectivity index (χ3v) is 4.65. The topological polar surface area (TPSA) is 32.3 Å². The largest absolute Gasteiger partial charge is 0.508 e. The second kappa shape index (κ2) is 5.53. The summed E-state index contributed by atoms with van der Waals surface area (Å²) in [4.78, 5) is 0. The lowest BCUT2D eigenvalue weighted by atomic mass is 9.98. The molecule has 1 aliphatic rings. The summed E-state index contributed by atoms with van der Waals surface area (Å²) in [6.45, 7) is 5.70. The number of rotatable bonds is 5. The minimum Gasteiger partial charge on any atom is -0.508 e. The summed E-state index contributed by atoms with van der Waals surface area (Å²) in [5.41, 5.74) is 2.95. The fraction of sp³-hybridized carbons (Fsp3) is 0.368. The van der Waals surface area contributed by atoms with Crippen LogP contribution in [0.1, 0.15) is 37.4 Å². The maximum atomic E-state index is 9.49. The molecule has 1 saturated carbocycles. The quantitative estimate of drug-likeness (QED) is 0.864. The Morgan fingerprint density at radius 1 is 1.05 bits per heavy atom. The Morgan fingerprint density at radius 2 is 1.62 bits per heavy atom. The monoisotopic (exact) mass is 281 g/mol. The smallest absolute Gasteiger partial charge is 0.115 e. The van der Waals surface area contributed by atoms with Crippen molar-refractivity contribution < 1.29 is 5.11 Å². The molecule has 2 aromatic carbocycles. The van der Waals surface area contributed by atoms with Crippen LogP contribution in [0.15, 0.2) is 54.6 Å². The van der Waals surface area contributed by atoms with Crippen molar-refractivity contribution in [3.8, 4) is 5.75 Å². The summed E-state index contributed by atoms with van der Waals surface area (Å²) in [6.07, 6.45) is 1.30. The van der Waals surface area contributed by atoms with E-state index >= 15 is 0 Å². The average Bonchev–Trinajstić information content (AvgIpc) is 3.09. The first kappa shape index (κ1) is 14.2. The highest BCUT2D eigenvalue weighted by atomic mass is 16.3. The van der Waals surface area contributed by atoms with Crippen LogP contribution in [0, 0.1) is 11.3 Å². The molecule has 1 aliphatic carbocycles. The summed E-state index contributed by atoms with van der Waals surface area (Å²) in [5, 5.41) is 13.2. The van der Waals surface area contributed by atoms with Gasteiger partial charge in [0, 0.05) is 0 Å². The van der Waals surface area contributed by atoms with E-state index in [9.17, 15) is 5.11 Å². The molecule has 0 heterocycles. The van der Waals surface area contributed by atoms with Crippen molar-refractivity contribution in [3.63, 3.8) is 0 Å². The zero-order chi connectivity index (χ0) is 14.9. The Balaban J connectivity index is 1.79. The minimum absolute atomic E-state index is 0.184. The summed E-state index contributed by atoms with van der Waals surface area (Å²) >= 11 is 0. The summed E-state index contributed by atoms with van der Waals surface area (Å²) < 4.78 is 0. The molecule has 2 heteroatoms. The minimum atomic E-state index is 0.184. The van der Waals surface area contributed by atoms with Crippen LogP contribution in [0.3, 0.4) is 0 Å². The molecule has 2 unspecified atom stereocenters. The van der Waals surface area contributed by atoms with Crippen molar-refractivity contribution in [1.82, 2.24) is 5.32 Å². The summed E-state index contributed by atoms with van der Waals surface area (Å²) in [6, 6.07) is 18.2. The van der Waals surface area contributed by atoms with Crippen molar-refractivity contribution in [2.24, 2.45) is 11.3 Å². The SMILES string of the molecule is CC1(C)CC1CNC(c1ccccc1)c1ccc(O)cc1. The molecule has 110 valence electrons. The lowest BCUT2D eigenvalue weighted by Gasteiger charge is -2.20. The van der Waals surface area contributed by atoms with Crippen LogP contribution in [0.5, 0.6) is 5.75 Å². The van der Waals surface area contributed by atoms with E-state index in [1.165, 1.54) is 17.5 Å². The first-order valence-electron chi connectivity index (χ1n) is 7.63. The van der Waals surface area contributed by atoms with Crippen LogP contribution in [-0.2, 0) is 0 Å². The zero-order valence-corrected chi connectivity index (χ0v) is 12.7. The predicted octanol–water partition coefficient (Wildman–Crippen LogP) is 4.12. The molecule has 0 amide bonds. The van der Waals surface area contributed by atoms with Gasteiger partial charge in [-0.05, 0) is 47.6 Å². The molecule has 2 nitrogen and oxygen atoms in total. The van der Waals surface area contributed by atoms with Gasteiger partial charge in [0.2, 0.25) is 0 Å². The molecule has 0 aliphatic heterocycles. The van der Waals surface area contributed by atoms with E-state index in [2.05, 4.69) is 43.4 Å². The number of nitrogens with one attached hydrogen (secondary N) is 1. The molecule has 3 rings (SSSR count). The Kier molecular flexibility index (Phi) is 3.73. The van der Waals surface area contributed by atoms with E-state index in [1.807, 2.05) is 18.2 Å². The van der Waals surface area contributed by atoms with Crippen LogP contribution in [0.2, 0.25) is 0 Å². The third-order valence-electron chi connectivity index (χ3n) is 4.65. The van der Waals surface area contributed by atoms with Crippen LogP contribution < -0.4 is 5.32 Å². The number of phenolic OH excluding ortho intramolecular Hbond substituents is 1. The predicted molar refractivity (Wildman–Crippen MR) is 86.3 cm³/mol. The molecule has 0 bridgehead atoms. The number of benzene rings is 2. The van der Waals surface area contributed by atoms with Gasteiger partial charge < -0.3 is 10.4 Å². The fourth-order valence-electron chi connectivity index (χ4n) is 2.93. The van der Waals surface area contributed by atoms with Crippen molar-refractivity contribution in [2.75, 3.05) is 6.54 Å². The first-order chi connectivity index (χ1) is 10.1. The van der Waals surface area contributed by atoms with Gasteiger partial charge in [-0.15, -0.1) is 0 Å². The van der Waals surface area contributed by atoms with Crippen LogP contribution in [-0.4, -0.2) is 11.7 Å². The summed E-state index contributed by atoms with van der Waals surface area (Å²) in [7, 11) is 0. The summed E-state index contributed by atoms with van der Waals surface area (Å²) in [5.74, 6) is 1.08. The Morgan fingerprint density at radius 3 is 2.19 bits per heavy atom. The molecule has 2 atom stereocenters. The second-order valence-corrected chi connectivity index (χ2v) is 6.73. The molecule has 1 fully saturated rings. The lowest BCUT2D eigenvalue weighted by Crippen LogP contribution is -2.25. The van der Waals surface area contributed by atoms with Crippen LogP contribution in [0.25, 0.3) is 0 Å². The van der Waals surface area contributed by atoms with E-state index < -0.39 is 0 Å². The van der Waals surface area contributed by atoms with Crippen molar-refractivity contribution >= 4 is 0 Å². The molecule has 21 heavy (non-hydrogen) atoms. The van der Waals surface area contributed by atoms with Gasteiger partial charge in [-0.2, -0.15) is 0 Å². The number of aromatic hydroxyl groups is 1. The normalized spacial score (nSPS) is 21.0. The molecule has 2 N–H and O–H groups in total. The number of phenols is 1. The van der Waals surface area contributed by atoms with Gasteiger partial charge in [-0.1, -0.05) is 56.3 Å². The third kappa shape index (κ3) is 3.27. The van der Waals surface area contributed by atoms with Crippen molar-refractivity contribution in [1.29, 1.82) is 0 Å².